The molecule has 0 aromatic heterocycles. The summed E-state index contributed by atoms with van der Waals surface area (Å²) in [6.07, 6.45) is 4.88. The van der Waals surface area contributed by atoms with Crippen LogP contribution in [-0.2, 0) is 10.2 Å². The number of nitrogens with one attached hydrogen (secondary N) is 1. The number of carbonyl (C=O) groups is 1. The number of hydrogen-bond acceptors (Lipinski definition) is 2. The van der Waals surface area contributed by atoms with Crippen LogP contribution in [0.2, 0.25) is 5.02 Å². The summed E-state index contributed by atoms with van der Waals surface area (Å²) in [7, 11) is 0. The van der Waals surface area contributed by atoms with Gasteiger partial charge < -0.3 is 10.1 Å². The molecule has 0 spiro atoms. The van der Waals surface area contributed by atoms with Crippen molar-refractivity contribution in [2.45, 2.75) is 57.5 Å². The molecule has 1 amide bonds. The summed E-state index contributed by atoms with van der Waals surface area (Å²) in [4.78, 5) is 13.2. The average Bonchev–Trinajstić information content (AvgIpc) is 3.14. The Morgan fingerprint density at radius 1 is 1.15 bits per heavy atom. The topological polar surface area (TPSA) is 38.3 Å². The number of ether oxygens (including phenoxy) is 1. The van der Waals surface area contributed by atoms with Crippen LogP contribution in [0, 0.1) is 0 Å². The first-order valence-corrected chi connectivity index (χ1v) is 9.76. The molecule has 2 aromatic rings. The van der Waals surface area contributed by atoms with Gasteiger partial charge in [-0.3, -0.25) is 4.79 Å². The molecule has 0 heterocycles. The Morgan fingerprint density at radius 3 is 2.42 bits per heavy atom. The summed E-state index contributed by atoms with van der Waals surface area (Å²) in [6.45, 7) is 4.14. The zero-order chi connectivity index (χ0) is 18.6. The van der Waals surface area contributed by atoms with Crippen LogP contribution in [-0.4, -0.2) is 12.0 Å². The minimum atomic E-state index is -0.537. The fourth-order valence-electron chi connectivity index (χ4n) is 3.63. The summed E-state index contributed by atoms with van der Waals surface area (Å²) in [6, 6.07) is 15.3. The lowest BCUT2D eigenvalue weighted by molar-refractivity contribution is -0.121. The van der Waals surface area contributed by atoms with Crippen LogP contribution in [0.15, 0.2) is 48.5 Å². The van der Waals surface area contributed by atoms with Gasteiger partial charge in [0.15, 0.2) is 0 Å². The van der Waals surface area contributed by atoms with E-state index in [0.29, 0.717) is 5.02 Å². The van der Waals surface area contributed by atoms with E-state index >= 15 is 0 Å². The van der Waals surface area contributed by atoms with Crippen molar-refractivity contribution in [3.63, 3.8) is 0 Å². The first-order chi connectivity index (χ1) is 12.5. The molecule has 0 bridgehead atoms. The van der Waals surface area contributed by atoms with Gasteiger partial charge in [0, 0.05) is 10.7 Å². The van der Waals surface area contributed by atoms with E-state index in [0.717, 1.165) is 49.1 Å². The molecule has 0 saturated heterocycles. The minimum absolute atomic E-state index is 0.0266. The van der Waals surface area contributed by atoms with Crippen LogP contribution in [0.1, 0.15) is 51.5 Å². The number of rotatable bonds is 6. The fourth-order valence-corrected chi connectivity index (χ4v) is 3.95. The van der Waals surface area contributed by atoms with E-state index in [4.69, 9.17) is 16.3 Å². The van der Waals surface area contributed by atoms with Gasteiger partial charge in [0.25, 0.3) is 0 Å². The molecule has 3 rings (SSSR count). The second-order valence-electron chi connectivity index (χ2n) is 7.08. The van der Waals surface area contributed by atoms with E-state index in [1.807, 2.05) is 55.5 Å². The van der Waals surface area contributed by atoms with Crippen molar-refractivity contribution in [2.75, 3.05) is 5.32 Å². The molecule has 1 fully saturated rings. The van der Waals surface area contributed by atoms with E-state index < -0.39 is 5.41 Å². The smallest absolute Gasteiger partial charge is 0.235 e. The van der Waals surface area contributed by atoms with Gasteiger partial charge in [0.2, 0.25) is 5.91 Å². The van der Waals surface area contributed by atoms with E-state index in [-0.39, 0.29) is 12.0 Å². The molecular weight excluding hydrogens is 346 g/mol. The zero-order valence-corrected chi connectivity index (χ0v) is 16.2. The third-order valence-electron chi connectivity index (χ3n) is 5.31. The molecule has 26 heavy (non-hydrogen) atoms. The Labute approximate surface area is 160 Å². The summed E-state index contributed by atoms with van der Waals surface area (Å²) in [5, 5.41) is 3.76. The van der Waals surface area contributed by atoms with Crippen LogP contribution in [0.5, 0.6) is 5.75 Å². The largest absolute Gasteiger partial charge is 0.491 e. The summed E-state index contributed by atoms with van der Waals surface area (Å²) in [5.74, 6) is 0.845. The van der Waals surface area contributed by atoms with Crippen molar-refractivity contribution in [2.24, 2.45) is 0 Å². The second-order valence-corrected chi connectivity index (χ2v) is 7.49. The van der Waals surface area contributed by atoms with E-state index in [1.54, 1.807) is 0 Å². The van der Waals surface area contributed by atoms with Gasteiger partial charge in [-0.25, -0.2) is 0 Å². The maximum absolute atomic E-state index is 13.2. The van der Waals surface area contributed by atoms with Gasteiger partial charge >= 0.3 is 0 Å². The Kier molecular flexibility index (Phi) is 5.87. The van der Waals surface area contributed by atoms with Crippen molar-refractivity contribution in [1.29, 1.82) is 0 Å². The summed E-state index contributed by atoms with van der Waals surface area (Å²) < 4.78 is 5.80. The van der Waals surface area contributed by atoms with Crippen LogP contribution in [0.4, 0.5) is 5.69 Å². The Bertz CT molecular complexity index is 751. The third kappa shape index (κ3) is 3.88. The molecule has 1 atom stereocenters. The van der Waals surface area contributed by atoms with Gasteiger partial charge in [0.05, 0.1) is 11.5 Å². The van der Waals surface area contributed by atoms with Crippen molar-refractivity contribution >= 4 is 23.2 Å². The van der Waals surface area contributed by atoms with Gasteiger partial charge in [-0.2, -0.15) is 0 Å². The molecule has 1 saturated carbocycles. The fraction of sp³-hybridized carbons (Fsp3) is 0.409. The number of anilines is 1. The first-order valence-electron chi connectivity index (χ1n) is 9.38. The molecule has 138 valence electrons. The lowest BCUT2D eigenvalue weighted by Gasteiger charge is -2.29. The number of amides is 1. The maximum Gasteiger partial charge on any atom is 0.235 e. The van der Waals surface area contributed by atoms with Crippen molar-refractivity contribution in [1.82, 2.24) is 0 Å². The van der Waals surface area contributed by atoms with Gasteiger partial charge in [0.1, 0.15) is 5.75 Å². The highest BCUT2D eigenvalue weighted by molar-refractivity contribution is 6.31. The molecule has 0 radical (unpaired) electrons. The van der Waals surface area contributed by atoms with Crippen molar-refractivity contribution in [3.05, 3.63) is 59.1 Å². The minimum Gasteiger partial charge on any atom is -0.491 e. The van der Waals surface area contributed by atoms with Crippen molar-refractivity contribution in [3.8, 4) is 5.75 Å². The van der Waals surface area contributed by atoms with Crippen LogP contribution < -0.4 is 10.1 Å². The Morgan fingerprint density at radius 2 is 1.81 bits per heavy atom. The molecule has 2 aromatic carbocycles. The van der Waals surface area contributed by atoms with Crippen LogP contribution in [0.25, 0.3) is 0 Å². The monoisotopic (exact) mass is 371 g/mol. The number of benzene rings is 2. The molecule has 1 aliphatic carbocycles. The standard InChI is InChI=1S/C22H26ClNO2/c1-3-16(2)26-18-12-10-17(11-13-18)24-21(25)22(14-6-7-15-22)19-8-4-5-9-20(19)23/h4-5,8-13,16H,3,6-7,14-15H2,1-2H3,(H,24,25)/t16-/m1/s1. The number of hydrogen-bond donors (Lipinski definition) is 1. The molecule has 4 heteroatoms. The lowest BCUT2D eigenvalue weighted by atomic mass is 9.78. The predicted octanol–water partition coefficient (Wildman–Crippen LogP) is 5.97. The molecule has 1 N–H and O–H groups in total. The molecule has 0 aliphatic heterocycles. The summed E-state index contributed by atoms with van der Waals surface area (Å²) in [5.41, 5.74) is 1.18. The van der Waals surface area contributed by atoms with Crippen LogP contribution >= 0.6 is 11.6 Å². The van der Waals surface area contributed by atoms with Gasteiger partial charge in [-0.1, -0.05) is 49.6 Å². The quantitative estimate of drug-likeness (QED) is 0.679. The van der Waals surface area contributed by atoms with Gasteiger partial charge in [-0.15, -0.1) is 0 Å². The maximum atomic E-state index is 13.2. The van der Waals surface area contributed by atoms with Gasteiger partial charge in [-0.05, 0) is 62.1 Å². The lowest BCUT2D eigenvalue weighted by Crippen LogP contribution is -2.38. The third-order valence-corrected chi connectivity index (χ3v) is 5.64. The number of carbonyl (C=O) groups excluding carboxylic acids is 1. The SMILES string of the molecule is CC[C@@H](C)Oc1ccc(NC(=O)C2(c3ccccc3Cl)CCCC2)cc1. The summed E-state index contributed by atoms with van der Waals surface area (Å²) >= 11 is 6.43. The Hall–Kier alpha value is -2.00. The van der Waals surface area contributed by atoms with Crippen LogP contribution in [0.3, 0.4) is 0 Å². The van der Waals surface area contributed by atoms with Crippen molar-refractivity contribution < 1.29 is 9.53 Å². The highest BCUT2D eigenvalue weighted by Crippen LogP contribution is 2.44. The second kappa shape index (κ2) is 8.13. The zero-order valence-electron chi connectivity index (χ0n) is 15.4. The molecule has 1 aliphatic rings. The normalized spacial score (nSPS) is 16.9. The Balaban J connectivity index is 1.78. The van der Waals surface area contributed by atoms with E-state index in [2.05, 4.69) is 12.2 Å². The molecule has 0 unspecified atom stereocenters. The highest BCUT2D eigenvalue weighted by Gasteiger charge is 2.43. The number of halogens is 1. The molecule has 3 nitrogen and oxygen atoms in total. The van der Waals surface area contributed by atoms with E-state index in [9.17, 15) is 4.79 Å². The predicted molar refractivity (Wildman–Crippen MR) is 107 cm³/mol. The van der Waals surface area contributed by atoms with E-state index in [1.165, 1.54) is 0 Å². The average molecular weight is 372 g/mol. The first kappa shape index (κ1) is 18.8. The molecular formula is C22H26ClNO2. The highest BCUT2D eigenvalue weighted by atomic mass is 35.5.